The molecular formula is C38H56N4O6. The van der Waals surface area contributed by atoms with Gasteiger partial charge in [-0.05, 0) is 44.6 Å². The predicted molar refractivity (Wildman–Crippen MR) is 189 cm³/mol. The number of nitrogens with zero attached hydrogens (tertiary/aromatic N) is 3. The smallest absolute Gasteiger partial charge is 0.188 e. The number of benzene rings is 3. The molecule has 10 heteroatoms. The van der Waals surface area contributed by atoms with Gasteiger partial charge in [-0.3, -0.25) is 14.7 Å². The SMILES string of the molecule is CNCCCCC1CN(Cc2ccccc2OCOC)CCN(Cc2ccccc2OCOC)CCN1Cc1ccccc1OCOC. The fourth-order valence-electron chi connectivity index (χ4n) is 6.21. The quantitative estimate of drug-likeness (QED) is 0.129. The fraction of sp³-hybridized carbons (Fsp3) is 0.526. The summed E-state index contributed by atoms with van der Waals surface area (Å²) < 4.78 is 33.7. The van der Waals surface area contributed by atoms with Crippen molar-refractivity contribution in [1.82, 2.24) is 20.0 Å². The molecule has 3 aromatic carbocycles. The number of nitrogens with one attached hydrogen (secondary N) is 1. The molecule has 4 rings (SSSR count). The highest BCUT2D eigenvalue weighted by molar-refractivity contribution is 5.35. The Morgan fingerprint density at radius 3 is 1.56 bits per heavy atom. The van der Waals surface area contributed by atoms with Gasteiger partial charge < -0.3 is 33.7 Å². The maximum absolute atomic E-state index is 6.02. The zero-order valence-corrected chi connectivity index (χ0v) is 29.4. The van der Waals surface area contributed by atoms with Crippen molar-refractivity contribution in [3.8, 4) is 17.2 Å². The zero-order valence-electron chi connectivity index (χ0n) is 29.4. The molecule has 1 aliphatic rings. The molecule has 10 nitrogen and oxygen atoms in total. The van der Waals surface area contributed by atoms with E-state index in [0.717, 1.165) is 107 Å². The van der Waals surface area contributed by atoms with E-state index in [2.05, 4.69) is 56.4 Å². The number of unbranched alkanes of at least 4 members (excludes halogenated alkanes) is 1. The fourth-order valence-corrected chi connectivity index (χ4v) is 6.21. The number of methoxy groups -OCH3 is 3. The van der Waals surface area contributed by atoms with Crippen LogP contribution in [-0.4, -0.2) is 109 Å². The zero-order chi connectivity index (χ0) is 33.8. The van der Waals surface area contributed by atoms with E-state index in [-0.39, 0.29) is 20.4 Å². The molecule has 1 atom stereocenters. The van der Waals surface area contributed by atoms with Gasteiger partial charge in [0.15, 0.2) is 20.4 Å². The van der Waals surface area contributed by atoms with E-state index >= 15 is 0 Å². The molecule has 1 saturated heterocycles. The first-order valence-electron chi connectivity index (χ1n) is 17.1. The van der Waals surface area contributed by atoms with Crippen molar-refractivity contribution in [3.63, 3.8) is 0 Å². The number of para-hydroxylation sites is 3. The van der Waals surface area contributed by atoms with Crippen LogP contribution in [0.3, 0.4) is 0 Å². The topological polar surface area (TPSA) is 77.1 Å². The second-order valence-electron chi connectivity index (χ2n) is 12.2. The van der Waals surface area contributed by atoms with E-state index in [1.54, 1.807) is 21.3 Å². The molecule has 0 saturated carbocycles. The van der Waals surface area contributed by atoms with Crippen LogP contribution in [0.15, 0.2) is 72.8 Å². The van der Waals surface area contributed by atoms with Crippen molar-refractivity contribution in [3.05, 3.63) is 89.5 Å². The van der Waals surface area contributed by atoms with Crippen LogP contribution in [-0.2, 0) is 33.8 Å². The van der Waals surface area contributed by atoms with Gasteiger partial charge >= 0.3 is 0 Å². The summed E-state index contributed by atoms with van der Waals surface area (Å²) in [5, 5.41) is 3.33. The Hall–Kier alpha value is -3.22. The minimum absolute atomic E-state index is 0.223. The van der Waals surface area contributed by atoms with Crippen LogP contribution in [0.1, 0.15) is 36.0 Å². The molecule has 0 aromatic heterocycles. The number of ether oxygens (including phenoxy) is 6. The van der Waals surface area contributed by atoms with Crippen molar-refractivity contribution in [2.45, 2.75) is 44.9 Å². The highest BCUT2D eigenvalue weighted by atomic mass is 16.7. The molecule has 48 heavy (non-hydrogen) atoms. The van der Waals surface area contributed by atoms with E-state index in [0.29, 0.717) is 6.04 Å². The van der Waals surface area contributed by atoms with Gasteiger partial charge in [0.2, 0.25) is 0 Å². The summed E-state index contributed by atoms with van der Waals surface area (Å²) >= 11 is 0. The van der Waals surface area contributed by atoms with Crippen molar-refractivity contribution in [2.24, 2.45) is 0 Å². The van der Waals surface area contributed by atoms with Crippen molar-refractivity contribution in [1.29, 1.82) is 0 Å². The average molecular weight is 665 g/mol. The monoisotopic (exact) mass is 664 g/mol. The summed E-state index contributed by atoms with van der Waals surface area (Å²) in [6.07, 6.45) is 3.40. The Bertz CT molecular complexity index is 1310. The lowest BCUT2D eigenvalue weighted by Gasteiger charge is -2.35. The molecule has 0 amide bonds. The molecule has 1 fully saturated rings. The molecule has 1 aliphatic heterocycles. The molecule has 1 unspecified atom stereocenters. The van der Waals surface area contributed by atoms with E-state index in [9.17, 15) is 0 Å². The second-order valence-corrected chi connectivity index (χ2v) is 12.2. The standard InChI is InChI=1S/C38H56N4O6/c1-39-20-12-11-16-35-28-41(26-33-14-6-9-18-37(33)47-30-44-3)22-21-40(25-32-13-5-8-17-36(32)46-29-43-2)23-24-42(35)27-34-15-7-10-19-38(34)48-31-45-4/h5-10,13-15,17-19,35,39H,11-12,16,20-31H2,1-4H3. The molecule has 264 valence electrons. The van der Waals surface area contributed by atoms with Gasteiger partial charge in [-0.2, -0.15) is 0 Å². The second kappa shape index (κ2) is 21.7. The average Bonchev–Trinajstić information content (AvgIpc) is 3.18. The number of hydrogen-bond acceptors (Lipinski definition) is 10. The van der Waals surface area contributed by atoms with Crippen LogP contribution < -0.4 is 19.5 Å². The van der Waals surface area contributed by atoms with Crippen LogP contribution in [0.5, 0.6) is 17.2 Å². The Morgan fingerprint density at radius 1 is 0.583 bits per heavy atom. The molecule has 1 N–H and O–H groups in total. The van der Waals surface area contributed by atoms with Crippen LogP contribution in [0, 0.1) is 0 Å². The van der Waals surface area contributed by atoms with Crippen molar-refractivity contribution in [2.75, 3.05) is 88.0 Å². The lowest BCUT2D eigenvalue weighted by molar-refractivity contribution is 0.0484. The maximum Gasteiger partial charge on any atom is 0.188 e. The van der Waals surface area contributed by atoms with Gasteiger partial charge in [0, 0.05) is 96.4 Å². The first kappa shape index (κ1) is 37.6. The summed E-state index contributed by atoms with van der Waals surface area (Å²) in [4.78, 5) is 7.82. The lowest BCUT2D eigenvalue weighted by atomic mass is 10.0. The number of rotatable bonds is 20. The third kappa shape index (κ3) is 12.3. The summed E-state index contributed by atoms with van der Waals surface area (Å²) in [7, 11) is 7.00. The highest BCUT2D eigenvalue weighted by Gasteiger charge is 2.26. The summed E-state index contributed by atoms with van der Waals surface area (Å²) in [6, 6.07) is 25.3. The van der Waals surface area contributed by atoms with E-state index in [1.165, 1.54) is 5.56 Å². The Balaban J connectivity index is 1.65. The van der Waals surface area contributed by atoms with Gasteiger partial charge in [0.25, 0.3) is 0 Å². The Kier molecular flexibility index (Phi) is 17.0. The normalized spacial score (nSPS) is 16.6. The van der Waals surface area contributed by atoms with Gasteiger partial charge in [-0.25, -0.2) is 0 Å². The van der Waals surface area contributed by atoms with E-state index in [4.69, 9.17) is 28.4 Å². The van der Waals surface area contributed by atoms with Crippen molar-refractivity contribution < 1.29 is 28.4 Å². The minimum atomic E-state index is 0.223. The molecule has 3 aromatic rings. The lowest BCUT2D eigenvalue weighted by Crippen LogP contribution is -2.44. The maximum atomic E-state index is 6.02. The van der Waals surface area contributed by atoms with Crippen LogP contribution in [0.4, 0.5) is 0 Å². The van der Waals surface area contributed by atoms with Gasteiger partial charge in [0.05, 0.1) is 0 Å². The summed E-state index contributed by atoms with van der Waals surface area (Å²) in [5.74, 6) is 2.60. The van der Waals surface area contributed by atoms with E-state index in [1.807, 2.05) is 43.4 Å². The molecule has 0 bridgehead atoms. The highest BCUT2D eigenvalue weighted by Crippen LogP contribution is 2.26. The molecule has 0 aliphatic carbocycles. The van der Waals surface area contributed by atoms with E-state index < -0.39 is 0 Å². The first-order chi connectivity index (χ1) is 23.6. The molecular weight excluding hydrogens is 608 g/mol. The van der Waals surface area contributed by atoms with Gasteiger partial charge in [0.1, 0.15) is 17.2 Å². The summed E-state index contributed by atoms with van der Waals surface area (Å²) in [6.45, 7) is 8.71. The van der Waals surface area contributed by atoms with Gasteiger partial charge in [-0.15, -0.1) is 0 Å². The summed E-state index contributed by atoms with van der Waals surface area (Å²) in [5.41, 5.74) is 3.49. The Labute approximate surface area is 287 Å². The number of hydrogen-bond donors (Lipinski definition) is 1. The largest absolute Gasteiger partial charge is 0.467 e. The third-order valence-electron chi connectivity index (χ3n) is 8.71. The van der Waals surface area contributed by atoms with Crippen molar-refractivity contribution >= 4 is 0 Å². The molecule has 0 spiro atoms. The molecule has 0 radical (unpaired) electrons. The third-order valence-corrected chi connectivity index (χ3v) is 8.71. The first-order valence-corrected chi connectivity index (χ1v) is 17.1. The van der Waals surface area contributed by atoms with Crippen LogP contribution in [0.25, 0.3) is 0 Å². The van der Waals surface area contributed by atoms with Crippen LogP contribution in [0.2, 0.25) is 0 Å². The van der Waals surface area contributed by atoms with Crippen LogP contribution >= 0.6 is 0 Å². The Morgan fingerprint density at radius 2 is 1.04 bits per heavy atom. The predicted octanol–water partition coefficient (Wildman–Crippen LogP) is 5.21. The van der Waals surface area contributed by atoms with Gasteiger partial charge in [-0.1, -0.05) is 61.0 Å². The minimum Gasteiger partial charge on any atom is -0.467 e. The molecule has 1 heterocycles.